The molecule has 0 aliphatic heterocycles. The van der Waals surface area contributed by atoms with E-state index in [-0.39, 0.29) is 19.2 Å². The Morgan fingerprint density at radius 1 is 1.08 bits per heavy atom. The van der Waals surface area contributed by atoms with Crippen LogP contribution in [-0.4, -0.2) is 38.9 Å². The van der Waals surface area contributed by atoms with Gasteiger partial charge in [0.1, 0.15) is 12.4 Å². The molecule has 1 rings (SSSR count). The van der Waals surface area contributed by atoms with Gasteiger partial charge in [0.05, 0.1) is 26.2 Å². The van der Waals surface area contributed by atoms with Crippen LogP contribution in [0.3, 0.4) is 0 Å². The molecule has 0 aliphatic carbocycles. The molecule has 0 saturated carbocycles. The lowest BCUT2D eigenvalue weighted by molar-refractivity contribution is -0.155. The molecule has 1 unspecified atom stereocenters. The molecule has 0 N–H and O–H groups in total. The van der Waals surface area contributed by atoms with Crippen molar-refractivity contribution in [2.45, 2.75) is 39.9 Å². The van der Waals surface area contributed by atoms with Crippen LogP contribution in [-0.2, 0) is 30.4 Å². The minimum absolute atomic E-state index is 0.155. The molecule has 0 bridgehead atoms. The van der Waals surface area contributed by atoms with Crippen molar-refractivity contribution in [3.8, 4) is 5.75 Å². The number of ether oxygens (including phenoxy) is 4. The molecule has 1 atom stereocenters. The van der Waals surface area contributed by atoms with Crippen molar-refractivity contribution >= 4 is 11.9 Å². The van der Waals surface area contributed by atoms with Crippen LogP contribution >= 0.6 is 0 Å². The average molecular weight is 364 g/mol. The number of hydrogen-bond donors (Lipinski definition) is 0. The number of rotatable bonds is 9. The highest BCUT2D eigenvalue weighted by Gasteiger charge is 2.22. The average Bonchev–Trinajstić information content (AvgIpc) is 2.62. The van der Waals surface area contributed by atoms with Crippen LogP contribution in [0.2, 0.25) is 0 Å². The van der Waals surface area contributed by atoms with E-state index in [1.54, 1.807) is 40.0 Å². The summed E-state index contributed by atoms with van der Waals surface area (Å²) in [5.41, 5.74) is 0.381. The van der Waals surface area contributed by atoms with Gasteiger partial charge in [0.25, 0.3) is 0 Å². The monoisotopic (exact) mass is 364 g/mol. The SMILES string of the molecule is COC(=O)C(C/C=C/COC(=O)C(C)(C)C)OCc1ccc(OC)cc1. The molecular weight excluding hydrogens is 336 g/mol. The number of carbonyl (C=O) groups is 2. The first-order chi connectivity index (χ1) is 12.3. The van der Waals surface area contributed by atoms with E-state index >= 15 is 0 Å². The van der Waals surface area contributed by atoms with Crippen LogP contribution < -0.4 is 4.74 Å². The molecule has 0 saturated heterocycles. The Hall–Kier alpha value is -2.34. The van der Waals surface area contributed by atoms with Gasteiger partial charge in [-0.25, -0.2) is 4.79 Å². The lowest BCUT2D eigenvalue weighted by Crippen LogP contribution is -2.25. The highest BCUT2D eigenvalue weighted by molar-refractivity contribution is 5.75. The van der Waals surface area contributed by atoms with Gasteiger partial charge in [0.2, 0.25) is 0 Å². The molecule has 1 aromatic rings. The fraction of sp³-hybridized carbons (Fsp3) is 0.500. The van der Waals surface area contributed by atoms with Crippen molar-refractivity contribution in [3.05, 3.63) is 42.0 Å². The summed E-state index contributed by atoms with van der Waals surface area (Å²) in [5, 5.41) is 0. The second-order valence-electron chi connectivity index (χ2n) is 6.73. The first kappa shape index (κ1) is 21.7. The van der Waals surface area contributed by atoms with E-state index in [1.165, 1.54) is 7.11 Å². The Morgan fingerprint density at radius 2 is 1.73 bits per heavy atom. The lowest BCUT2D eigenvalue weighted by Gasteiger charge is -2.16. The quantitative estimate of drug-likeness (QED) is 0.495. The van der Waals surface area contributed by atoms with Crippen molar-refractivity contribution in [2.24, 2.45) is 5.41 Å². The summed E-state index contributed by atoms with van der Waals surface area (Å²) in [6, 6.07) is 7.40. The molecule has 26 heavy (non-hydrogen) atoms. The second-order valence-corrected chi connectivity index (χ2v) is 6.73. The largest absolute Gasteiger partial charge is 0.497 e. The van der Waals surface area contributed by atoms with E-state index in [4.69, 9.17) is 18.9 Å². The van der Waals surface area contributed by atoms with E-state index in [0.717, 1.165) is 11.3 Å². The Kier molecular flexibility index (Phi) is 8.85. The molecular formula is C20H28O6. The van der Waals surface area contributed by atoms with Crippen molar-refractivity contribution in [1.29, 1.82) is 0 Å². The summed E-state index contributed by atoms with van der Waals surface area (Å²) in [7, 11) is 2.92. The summed E-state index contributed by atoms with van der Waals surface area (Å²) in [4.78, 5) is 23.5. The Morgan fingerprint density at radius 3 is 2.27 bits per heavy atom. The zero-order valence-corrected chi connectivity index (χ0v) is 16.1. The van der Waals surface area contributed by atoms with Gasteiger partial charge in [0, 0.05) is 6.42 Å². The van der Waals surface area contributed by atoms with E-state index in [2.05, 4.69) is 0 Å². The van der Waals surface area contributed by atoms with Crippen molar-refractivity contribution in [2.75, 3.05) is 20.8 Å². The van der Waals surface area contributed by atoms with Crippen molar-refractivity contribution in [3.63, 3.8) is 0 Å². The summed E-state index contributed by atoms with van der Waals surface area (Å²) in [6.45, 7) is 5.80. The smallest absolute Gasteiger partial charge is 0.335 e. The van der Waals surface area contributed by atoms with E-state index in [0.29, 0.717) is 6.42 Å². The van der Waals surface area contributed by atoms with Gasteiger partial charge < -0.3 is 18.9 Å². The minimum Gasteiger partial charge on any atom is -0.497 e. The van der Waals surface area contributed by atoms with E-state index < -0.39 is 17.5 Å². The van der Waals surface area contributed by atoms with E-state index in [9.17, 15) is 9.59 Å². The van der Waals surface area contributed by atoms with Crippen molar-refractivity contribution < 1.29 is 28.5 Å². The molecule has 6 heteroatoms. The summed E-state index contributed by atoms with van der Waals surface area (Å²) >= 11 is 0. The highest BCUT2D eigenvalue weighted by atomic mass is 16.6. The Bertz CT molecular complexity index is 598. The van der Waals surface area contributed by atoms with Crippen LogP contribution in [0.25, 0.3) is 0 Å². The van der Waals surface area contributed by atoms with Gasteiger partial charge in [-0.2, -0.15) is 0 Å². The topological polar surface area (TPSA) is 71.1 Å². The van der Waals surface area contributed by atoms with Crippen LogP contribution in [0, 0.1) is 5.41 Å². The third-order valence-electron chi connectivity index (χ3n) is 3.51. The molecule has 0 fully saturated rings. The van der Waals surface area contributed by atoms with Crippen LogP contribution in [0.1, 0.15) is 32.8 Å². The molecule has 144 valence electrons. The maximum Gasteiger partial charge on any atom is 0.335 e. The number of carbonyl (C=O) groups excluding carboxylic acids is 2. The van der Waals surface area contributed by atoms with Crippen LogP contribution in [0.15, 0.2) is 36.4 Å². The Balaban J connectivity index is 2.49. The minimum atomic E-state index is -0.725. The third-order valence-corrected chi connectivity index (χ3v) is 3.51. The molecule has 1 aromatic carbocycles. The van der Waals surface area contributed by atoms with Gasteiger partial charge in [0.15, 0.2) is 6.10 Å². The summed E-state index contributed by atoms with van der Waals surface area (Å²) in [6.07, 6.45) is 3.04. The number of hydrogen-bond acceptors (Lipinski definition) is 6. The van der Waals surface area contributed by atoms with Gasteiger partial charge in [-0.1, -0.05) is 24.3 Å². The number of methoxy groups -OCH3 is 2. The molecule has 0 aromatic heterocycles. The van der Waals surface area contributed by atoms with Crippen molar-refractivity contribution in [1.82, 2.24) is 0 Å². The number of benzene rings is 1. The summed E-state index contributed by atoms with van der Waals surface area (Å²) in [5.74, 6) is 0.0308. The Labute approximate surface area is 155 Å². The number of esters is 2. The maximum absolute atomic E-state index is 11.9. The molecule has 0 spiro atoms. The molecule has 6 nitrogen and oxygen atoms in total. The van der Waals surface area contributed by atoms with Gasteiger partial charge >= 0.3 is 11.9 Å². The molecule has 0 heterocycles. The normalized spacial score (nSPS) is 12.7. The van der Waals surface area contributed by atoms with E-state index in [1.807, 2.05) is 24.3 Å². The first-order valence-electron chi connectivity index (χ1n) is 8.42. The molecule has 0 aliphatic rings. The standard InChI is InChI=1S/C20H28O6/c1-20(2,3)19(22)25-13-7-6-8-17(18(21)24-5)26-14-15-9-11-16(23-4)12-10-15/h6-7,9-12,17H,8,13-14H2,1-5H3/b7-6+. The van der Waals surface area contributed by atoms with Gasteiger partial charge in [-0.15, -0.1) is 0 Å². The second kappa shape index (κ2) is 10.6. The maximum atomic E-state index is 11.9. The lowest BCUT2D eigenvalue weighted by atomic mass is 9.97. The van der Waals surface area contributed by atoms with Crippen LogP contribution in [0.4, 0.5) is 0 Å². The predicted octanol–water partition coefficient (Wildman–Crippen LogP) is 3.29. The first-order valence-corrected chi connectivity index (χ1v) is 8.42. The molecule has 0 radical (unpaired) electrons. The fourth-order valence-corrected chi connectivity index (χ4v) is 1.91. The zero-order chi connectivity index (χ0) is 19.6. The predicted molar refractivity (Wildman–Crippen MR) is 97.8 cm³/mol. The zero-order valence-electron chi connectivity index (χ0n) is 16.1. The fourth-order valence-electron chi connectivity index (χ4n) is 1.91. The van der Waals surface area contributed by atoms with Crippen LogP contribution in [0.5, 0.6) is 5.75 Å². The molecule has 0 amide bonds. The summed E-state index contributed by atoms with van der Waals surface area (Å²) < 4.78 is 20.7. The van der Waals surface area contributed by atoms with Gasteiger partial charge in [-0.05, 0) is 38.5 Å². The van der Waals surface area contributed by atoms with Gasteiger partial charge in [-0.3, -0.25) is 4.79 Å². The third kappa shape index (κ3) is 7.70. The highest BCUT2D eigenvalue weighted by Crippen LogP contribution is 2.15.